The lowest BCUT2D eigenvalue weighted by molar-refractivity contribution is 0.888. The first-order valence-corrected chi connectivity index (χ1v) is 2.76. The minimum absolute atomic E-state index is 0.140. The number of rotatable bonds is 0. The molecule has 1 saturated carbocycles. The summed E-state index contributed by atoms with van der Waals surface area (Å²) >= 11 is 0. The lowest BCUT2D eigenvalue weighted by atomic mass is 10.3. The standard InChI is InChI=1S/C6H10N2/c7-5-1-2-6(8)3-4-6/h3-5,7-8H2. The summed E-state index contributed by atoms with van der Waals surface area (Å²) < 4.78 is 0. The molecule has 4 N–H and O–H groups in total. The van der Waals surface area contributed by atoms with Gasteiger partial charge in [-0.2, -0.15) is 0 Å². The maximum atomic E-state index is 5.60. The van der Waals surface area contributed by atoms with Gasteiger partial charge in [-0.3, -0.25) is 0 Å². The predicted molar refractivity (Wildman–Crippen MR) is 33.0 cm³/mol. The minimum Gasteiger partial charge on any atom is -0.320 e. The maximum absolute atomic E-state index is 5.60. The van der Waals surface area contributed by atoms with Gasteiger partial charge in [-0.15, -0.1) is 0 Å². The van der Waals surface area contributed by atoms with Crippen molar-refractivity contribution in [3.8, 4) is 11.8 Å². The van der Waals surface area contributed by atoms with E-state index >= 15 is 0 Å². The van der Waals surface area contributed by atoms with Crippen molar-refractivity contribution in [2.45, 2.75) is 18.4 Å². The van der Waals surface area contributed by atoms with E-state index in [0.717, 1.165) is 12.8 Å². The largest absolute Gasteiger partial charge is 0.320 e. The predicted octanol–water partition coefficient (Wildman–Crippen LogP) is -0.560. The minimum atomic E-state index is -0.140. The fraction of sp³-hybridized carbons (Fsp3) is 0.667. The first-order chi connectivity index (χ1) is 3.77. The van der Waals surface area contributed by atoms with Gasteiger partial charge in [0.05, 0.1) is 12.1 Å². The number of nitrogens with two attached hydrogens (primary N) is 2. The molecule has 0 bridgehead atoms. The third-order valence-electron chi connectivity index (χ3n) is 1.23. The van der Waals surface area contributed by atoms with E-state index in [1.54, 1.807) is 0 Å². The van der Waals surface area contributed by atoms with Gasteiger partial charge >= 0.3 is 0 Å². The van der Waals surface area contributed by atoms with Gasteiger partial charge in [0.2, 0.25) is 0 Å². The molecule has 1 rings (SSSR count). The van der Waals surface area contributed by atoms with Crippen molar-refractivity contribution < 1.29 is 0 Å². The van der Waals surface area contributed by atoms with Gasteiger partial charge in [-0.1, -0.05) is 11.8 Å². The van der Waals surface area contributed by atoms with E-state index in [4.69, 9.17) is 11.5 Å². The van der Waals surface area contributed by atoms with Crippen LogP contribution in [-0.2, 0) is 0 Å². The molecule has 1 aliphatic rings. The molecular formula is C6H10N2. The average molecular weight is 110 g/mol. The summed E-state index contributed by atoms with van der Waals surface area (Å²) in [7, 11) is 0. The Kier molecular flexibility index (Phi) is 1.24. The Morgan fingerprint density at radius 3 is 2.50 bits per heavy atom. The lowest BCUT2D eigenvalue weighted by Crippen LogP contribution is -2.18. The summed E-state index contributed by atoms with van der Waals surface area (Å²) in [4.78, 5) is 0. The molecule has 1 fully saturated rings. The molecule has 0 aromatic heterocycles. The zero-order valence-electron chi connectivity index (χ0n) is 4.78. The zero-order valence-corrected chi connectivity index (χ0v) is 4.78. The van der Waals surface area contributed by atoms with Gasteiger partial charge in [0.25, 0.3) is 0 Å². The van der Waals surface area contributed by atoms with Crippen molar-refractivity contribution in [2.24, 2.45) is 11.5 Å². The third-order valence-corrected chi connectivity index (χ3v) is 1.23. The maximum Gasteiger partial charge on any atom is 0.0778 e. The highest BCUT2D eigenvalue weighted by Gasteiger charge is 2.35. The van der Waals surface area contributed by atoms with Crippen LogP contribution in [-0.4, -0.2) is 12.1 Å². The van der Waals surface area contributed by atoms with Crippen molar-refractivity contribution in [1.82, 2.24) is 0 Å². The number of hydrogen-bond acceptors (Lipinski definition) is 2. The van der Waals surface area contributed by atoms with Crippen LogP contribution in [0.2, 0.25) is 0 Å². The van der Waals surface area contributed by atoms with Gasteiger partial charge in [-0.25, -0.2) is 0 Å². The van der Waals surface area contributed by atoms with Crippen molar-refractivity contribution >= 4 is 0 Å². The van der Waals surface area contributed by atoms with Crippen LogP contribution in [0, 0.1) is 11.8 Å². The molecule has 0 spiro atoms. The molecule has 0 aromatic carbocycles. The van der Waals surface area contributed by atoms with Crippen molar-refractivity contribution in [3.05, 3.63) is 0 Å². The van der Waals surface area contributed by atoms with Gasteiger partial charge in [0.15, 0.2) is 0 Å². The van der Waals surface area contributed by atoms with E-state index in [1.807, 2.05) is 0 Å². The highest BCUT2D eigenvalue weighted by atomic mass is 14.8. The van der Waals surface area contributed by atoms with E-state index in [-0.39, 0.29) is 5.54 Å². The summed E-state index contributed by atoms with van der Waals surface area (Å²) in [6.07, 6.45) is 2.08. The van der Waals surface area contributed by atoms with E-state index in [1.165, 1.54) is 0 Å². The zero-order chi connectivity index (χ0) is 6.04. The Bertz CT molecular complexity index is 136. The Hall–Kier alpha value is -0.520. The van der Waals surface area contributed by atoms with Crippen LogP contribution in [0.5, 0.6) is 0 Å². The summed E-state index contributed by atoms with van der Waals surface area (Å²) in [6.45, 7) is 0.430. The molecule has 0 amide bonds. The third kappa shape index (κ3) is 1.22. The molecule has 0 radical (unpaired) electrons. The first-order valence-electron chi connectivity index (χ1n) is 2.76. The molecule has 1 aliphatic carbocycles. The van der Waals surface area contributed by atoms with Gasteiger partial charge in [-0.05, 0) is 12.8 Å². The second kappa shape index (κ2) is 1.77. The van der Waals surface area contributed by atoms with Gasteiger partial charge in [0.1, 0.15) is 0 Å². The van der Waals surface area contributed by atoms with Crippen molar-refractivity contribution in [2.75, 3.05) is 6.54 Å². The summed E-state index contributed by atoms with van der Waals surface area (Å²) in [5.41, 5.74) is 10.6. The monoisotopic (exact) mass is 110 g/mol. The fourth-order valence-electron chi connectivity index (χ4n) is 0.487. The van der Waals surface area contributed by atoms with Crippen LogP contribution in [0.25, 0.3) is 0 Å². The average Bonchev–Trinajstić information content (AvgIpc) is 2.45. The highest BCUT2D eigenvalue weighted by molar-refractivity contribution is 5.24. The molecule has 8 heavy (non-hydrogen) atoms. The normalized spacial score (nSPS) is 21.2. The van der Waals surface area contributed by atoms with E-state index in [2.05, 4.69) is 11.8 Å². The van der Waals surface area contributed by atoms with Crippen molar-refractivity contribution in [3.63, 3.8) is 0 Å². The summed E-state index contributed by atoms with van der Waals surface area (Å²) in [5.74, 6) is 5.64. The molecule has 2 heteroatoms. The Morgan fingerprint density at radius 2 is 2.12 bits per heavy atom. The Labute approximate surface area is 49.2 Å². The van der Waals surface area contributed by atoms with Crippen LogP contribution in [0.15, 0.2) is 0 Å². The molecule has 0 saturated heterocycles. The van der Waals surface area contributed by atoms with Crippen LogP contribution in [0.4, 0.5) is 0 Å². The van der Waals surface area contributed by atoms with Gasteiger partial charge < -0.3 is 11.5 Å². The SMILES string of the molecule is NCC#CC1(N)CC1. The molecule has 0 aliphatic heterocycles. The summed E-state index contributed by atoms with van der Waals surface area (Å²) in [5, 5.41) is 0. The van der Waals surface area contributed by atoms with Gasteiger partial charge in [0, 0.05) is 0 Å². The molecular weight excluding hydrogens is 100 g/mol. The van der Waals surface area contributed by atoms with Crippen LogP contribution in [0.3, 0.4) is 0 Å². The molecule has 0 heterocycles. The first kappa shape index (κ1) is 5.61. The topological polar surface area (TPSA) is 52.0 Å². The Balaban J connectivity index is 2.38. The van der Waals surface area contributed by atoms with Crippen LogP contribution in [0.1, 0.15) is 12.8 Å². The highest BCUT2D eigenvalue weighted by Crippen LogP contribution is 2.30. The second-order valence-electron chi connectivity index (χ2n) is 2.16. The van der Waals surface area contributed by atoms with E-state index in [9.17, 15) is 0 Å². The summed E-state index contributed by atoms with van der Waals surface area (Å²) in [6, 6.07) is 0. The van der Waals surface area contributed by atoms with E-state index in [0.29, 0.717) is 6.54 Å². The second-order valence-corrected chi connectivity index (χ2v) is 2.16. The Morgan fingerprint density at radius 1 is 1.50 bits per heavy atom. The quantitative estimate of drug-likeness (QED) is 0.411. The molecule has 0 unspecified atom stereocenters. The smallest absolute Gasteiger partial charge is 0.0778 e. The number of hydrogen-bond donors (Lipinski definition) is 2. The lowest BCUT2D eigenvalue weighted by Gasteiger charge is -1.90. The molecule has 0 atom stereocenters. The van der Waals surface area contributed by atoms with Crippen molar-refractivity contribution in [1.29, 1.82) is 0 Å². The fourth-order valence-corrected chi connectivity index (χ4v) is 0.487. The van der Waals surface area contributed by atoms with Crippen LogP contribution < -0.4 is 11.5 Å². The van der Waals surface area contributed by atoms with E-state index < -0.39 is 0 Å². The molecule has 44 valence electrons. The van der Waals surface area contributed by atoms with Crippen LogP contribution >= 0.6 is 0 Å². The molecule has 0 aromatic rings. The molecule has 2 nitrogen and oxygen atoms in total.